The van der Waals surface area contributed by atoms with E-state index >= 15 is 0 Å². The molecule has 0 saturated carbocycles. The summed E-state index contributed by atoms with van der Waals surface area (Å²) in [5.74, 6) is 2.02. The lowest BCUT2D eigenvalue weighted by Gasteiger charge is -2.26. The molecule has 1 aromatic carbocycles. The number of phenolic OH excluding ortho intramolecular Hbond substituents is 1. The van der Waals surface area contributed by atoms with E-state index in [1.54, 1.807) is 0 Å². The molecule has 0 bridgehead atoms. The molecule has 1 nitrogen and oxygen atoms in total. The van der Waals surface area contributed by atoms with Crippen LogP contribution in [0.3, 0.4) is 0 Å². The Morgan fingerprint density at radius 2 is 1.16 bits per heavy atom. The van der Waals surface area contributed by atoms with Crippen molar-refractivity contribution in [1.82, 2.24) is 0 Å². The van der Waals surface area contributed by atoms with Crippen molar-refractivity contribution in [2.45, 2.75) is 78.6 Å². The van der Waals surface area contributed by atoms with Crippen LogP contribution in [0.15, 0.2) is 12.1 Å². The summed E-state index contributed by atoms with van der Waals surface area (Å²) < 4.78 is 0. The van der Waals surface area contributed by atoms with E-state index in [-0.39, 0.29) is 0 Å². The quantitative estimate of drug-likeness (QED) is 0.673. The van der Waals surface area contributed by atoms with Crippen molar-refractivity contribution >= 4 is 0 Å². The van der Waals surface area contributed by atoms with E-state index in [1.165, 1.54) is 16.7 Å². The Kier molecular flexibility index (Phi) is 5.90. The minimum atomic E-state index is 0.428. The fraction of sp³-hybridized carbons (Fsp3) is 0.667. The third-order valence-corrected chi connectivity index (χ3v) is 4.62. The Morgan fingerprint density at radius 3 is 1.47 bits per heavy atom. The third kappa shape index (κ3) is 3.52. The highest BCUT2D eigenvalue weighted by Gasteiger charge is 2.21. The van der Waals surface area contributed by atoms with Gasteiger partial charge in [0.1, 0.15) is 5.75 Å². The minimum absolute atomic E-state index is 0.428. The molecule has 19 heavy (non-hydrogen) atoms. The summed E-state index contributed by atoms with van der Waals surface area (Å²) in [4.78, 5) is 0. The lowest BCUT2D eigenvalue weighted by molar-refractivity contribution is 0.470. The minimum Gasteiger partial charge on any atom is -0.508 e. The van der Waals surface area contributed by atoms with Gasteiger partial charge in [0, 0.05) is 0 Å². The maximum Gasteiger partial charge on any atom is 0.116 e. The number of benzene rings is 1. The van der Waals surface area contributed by atoms with Gasteiger partial charge in [-0.15, -0.1) is 0 Å². The second-order valence-electron chi connectivity index (χ2n) is 5.97. The van der Waals surface area contributed by atoms with Crippen LogP contribution >= 0.6 is 0 Å². The Balaban J connectivity index is 3.48. The predicted octanol–water partition coefficient (Wildman–Crippen LogP) is 5.93. The van der Waals surface area contributed by atoms with E-state index in [1.807, 2.05) is 12.1 Å². The molecule has 3 atom stereocenters. The van der Waals surface area contributed by atoms with Crippen LogP contribution in [-0.4, -0.2) is 5.11 Å². The molecule has 0 spiro atoms. The Hall–Kier alpha value is -0.980. The first kappa shape index (κ1) is 16.1. The van der Waals surface area contributed by atoms with E-state index in [2.05, 4.69) is 41.5 Å². The topological polar surface area (TPSA) is 20.2 Å². The zero-order valence-electron chi connectivity index (χ0n) is 13.5. The van der Waals surface area contributed by atoms with Crippen molar-refractivity contribution in [1.29, 1.82) is 0 Å². The number of rotatable bonds is 6. The Bertz CT molecular complexity index is 377. The first-order chi connectivity index (χ1) is 8.96. The summed E-state index contributed by atoms with van der Waals surface area (Å²) in [6, 6.07) is 3.98. The normalized spacial score (nSPS) is 16.1. The van der Waals surface area contributed by atoms with Gasteiger partial charge in [0.05, 0.1) is 0 Å². The van der Waals surface area contributed by atoms with Gasteiger partial charge in [-0.2, -0.15) is 0 Å². The molecule has 0 aliphatic heterocycles. The Labute approximate surface area is 119 Å². The van der Waals surface area contributed by atoms with Crippen LogP contribution in [0.25, 0.3) is 0 Å². The van der Waals surface area contributed by atoms with Gasteiger partial charge in [0.15, 0.2) is 0 Å². The molecule has 108 valence electrons. The van der Waals surface area contributed by atoms with Crippen LogP contribution in [0.2, 0.25) is 0 Å². The monoisotopic (exact) mass is 262 g/mol. The summed E-state index contributed by atoms with van der Waals surface area (Å²) in [6.45, 7) is 13.5. The number of hydrogen-bond acceptors (Lipinski definition) is 1. The predicted molar refractivity (Wildman–Crippen MR) is 84.2 cm³/mol. The highest BCUT2D eigenvalue weighted by Crippen LogP contribution is 2.39. The van der Waals surface area contributed by atoms with Gasteiger partial charge in [-0.1, -0.05) is 41.5 Å². The Morgan fingerprint density at radius 1 is 0.789 bits per heavy atom. The van der Waals surface area contributed by atoms with Crippen LogP contribution < -0.4 is 0 Å². The maximum absolute atomic E-state index is 10.1. The standard InChI is InChI=1S/C18H30O/c1-7-12(4)16-10-15(19)11-17(13(5)8-2)18(16)14(6)9-3/h10-14,19H,7-9H2,1-6H3. The lowest BCUT2D eigenvalue weighted by Crippen LogP contribution is -2.08. The van der Waals surface area contributed by atoms with Crippen molar-refractivity contribution in [2.75, 3.05) is 0 Å². The summed E-state index contributed by atoms with van der Waals surface area (Å²) in [7, 11) is 0. The molecule has 0 radical (unpaired) electrons. The molecule has 1 N–H and O–H groups in total. The molecule has 1 aromatic rings. The largest absolute Gasteiger partial charge is 0.508 e. The van der Waals surface area contributed by atoms with Crippen LogP contribution in [0.5, 0.6) is 5.75 Å². The van der Waals surface area contributed by atoms with Crippen LogP contribution in [0, 0.1) is 0 Å². The molecule has 0 amide bonds. The van der Waals surface area contributed by atoms with Crippen molar-refractivity contribution in [3.63, 3.8) is 0 Å². The van der Waals surface area contributed by atoms with E-state index in [0.29, 0.717) is 23.5 Å². The van der Waals surface area contributed by atoms with Gasteiger partial charge in [-0.25, -0.2) is 0 Å². The lowest BCUT2D eigenvalue weighted by atomic mass is 9.79. The van der Waals surface area contributed by atoms with Crippen LogP contribution in [0.4, 0.5) is 0 Å². The average molecular weight is 262 g/mol. The number of hydrogen-bond donors (Lipinski definition) is 1. The smallest absolute Gasteiger partial charge is 0.116 e. The zero-order chi connectivity index (χ0) is 14.6. The summed E-state index contributed by atoms with van der Waals surface area (Å²) in [5, 5.41) is 10.1. The van der Waals surface area contributed by atoms with Gasteiger partial charge in [0.25, 0.3) is 0 Å². The maximum atomic E-state index is 10.1. The average Bonchev–Trinajstić information content (AvgIpc) is 2.43. The first-order valence-corrected chi connectivity index (χ1v) is 7.82. The highest BCUT2D eigenvalue weighted by molar-refractivity contribution is 5.46. The second kappa shape index (κ2) is 6.98. The van der Waals surface area contributed by atoms with Crippen LogP contribution in [0.1, 0.15) is 95.2 Å². The fourth-order valence-corrected chi connectivity index (χ4v) is 2.71. The van der Waals surface area contributed by atoms with Crippen molar-refractivity contribution in [3.05, 3.63) is 28.8 Å². The van der Waals surface area contributed by atoms with E-state index in [4.69, 9.17) is 0 Å². The molecule has 1 heteroatoms. The van der Waals surface area contributed by atoms with Gasteiger partial charge >= 0.3 is 0 Å². The molecule has 0 aliphatic carbocycles. The summed E-state index contributed by atoms with van der Waals surface area (Å²) in [6.07, 6.45) is 3.39. The number of aromatic hydroxyl groups is 1. The van der Waals surface area contributed by atoms with E-state index < -0.39 is 0 Å². The van der Waals surface area contributed by atoms with E-state index in [9.17, 15) is 5.11 Å². The third-order valence-electron chi connectivity index (χ3n) is 4.62. The summed E-state index contributed by atoms with van der Waals surface area (Å²) in [5.41, 5.74) is 4.20. The molecule has 0 fully saturated rings. The van der Waals surface area contributed by atoms with Crippen molar-refractivity contribution in [2.24, 2.45) is 0 Å². The number of phenols is 1. The molecular weight excluding hydrogens is 232 g/mol. The molecular formula is C18H30O. The molecule has 0 saturated heterocycles. The zero-order valence-corrected chi connectivity index (χ0v) is 13.5. The molecule has 3 unspecified atom stereocenters. The fourth-order valence-electron chi connectivity index (χ4n) is 2.71. The van der Waals surface area contributed by atoms with Gasteiger partial charge in [-0.3, -0.25) is 0 Å². The van der Waals surface area contributed by atoms with E-state index in [0.717, 1.165) is 19.3 Å². The molecule has 0 aromatic heterocycles. The van der Waals surface area contributed by atoms with Crippen molar-refractivity contribution < 1.29 is 5.11 Å². The molecule has 1 rings (SSSR count). The SMILES string of the molecule is CCC(C)c1cc(O)cc(C(C)CC)c1C(C)CC. The molecule has 0 aliphatic rings. The first-order valence-electron chi connectivity index (χ1n) is 7.82. The van der Waals surface area contributed by atoms with Crippen LogP contribution in [-0.2, 0) is 0 Å². The van der Waals surface area contributed by atoms with Crippen molar-refractivity contribution in [3.8, 4) is 5.75 Å². The molecule has 0 heterocycles. The second-order valence-corrected chi connectivity index (χ2v) is 5.97. The van der Waals surface area contributed by atoms with Gasteiger partial charge in [0.2, 0.25) is 0 Å². The van der Waals surface area contributed by atoms with Gasteiger partial charge < -0.3 is 5.11 Å². The van der Waals surface area contributed by atoms with Gasteiger partial charge in [-0.05, 0) is 65.8 Å². The highest BCUT2D eigenvalue weighted by atomic mass is 16.3. The summed E-state index contributed by atoms with van der Waals surface area (Å²) >= 11 is 0.